The fraction of sp³-hybridized carbons (Fsp3) is 0.200. The van der Waals surface area contributed by atoms with Crippen molar-refractivity contribution in [1.29, 1.82) is 0 Å². The van der Waals surface area contributed by atoms with Crippen molar-refractivity contribution in [1.82, 2.24) is 15.2 Å². The highest BCUT2D eigenvalue weighted by atomic mass is 32.2. The van der Waals surface area contributed by atoms with E-state index in [1.807, 2.05) is 24.4 Å². The number of hydrogen-bond donors (Lipinski definition) is 1. The topological polar surface area (TPSA) is 41.6 Å². The van der Waals surface area contributed by atoms with Crippen LogP contribution < -0.4 is 0 Å². The Morgan fingerprint density at radius 2 is 2.53 bits per heavy atom. The van der Waals surface area contributed by atoms with Gasteiger partial charge >= 0.3 is 0 Å². The number of thiophene rings is 1. The molecule has 0 spiro atoms. The molecule has 78 valence electrons. The number of rotatable bonds is 4. The van der Waals surface area contributed by atoms with Gasteiger partial charge in [0, 0.05) is 5.75 Å². The summed E-state index contributed by atoms with van der Waals surface area (Å²) < 4.78 is 0. The Labute approximate surface area is 96.6 Å². The Hall–Kier alpha value is -1.07. The second-order valence-electron chi connectivity index (χ2n) is 3.19. The fourth-order valence-electron chi connectivity index (χ4n) is 1.02. The molecule has 0 aliphatic carbocycles. The average molecular weight is 237 g/mol. The van der Waals surface area contributed by atoms with Crippen molar-refractivity contribution in [3.05, 3.63) is 29.7 Å². The van der Waals surface area contributed by atoms with E-state index in [2.05, 4.69) is 21.8 Å². The largest absolute Gasteiger partial charge is 0.257 e. The second-order valence-corrected chi connectivity index (χ2v) is 5.08. The minimum absolute atomic E-state index is 0.779. The standard InChI is InChI=1S/C10H11N3S2/c1-7(2)6-15-10-11-9(12-13-10)8-4-3-5-14-8/h3-5H,1,6H2,2H3,(H,11,12,13). The molecule has 0 bridgehead atoms. The predicted molar refractivity (Wildman–Crippen MR) is 65.2 cm³/mol. The summed E-state index contributed by atoms with van der Waals surface area (Å²) in [7, 11) is 0. The van der Waals surface area contributed by atoms with Gasteiger partial charge in [0.05, 0.1) is 4.88 Å². The summed E-state index contributed by atoms with van der Waals surface area (Å²) in [6.07, 6.45) is 0. The van der Waals surface area contributed by atoms with Crippen LogP contribution in [-0.4, -0.2) is 20.9 Å². The van der Waals surface area contributed by atoms with Gasteiger partial charge < -0.3 is 0 Å². The summed E-state index contributed by atoms with van der Waals surface area (Å²) >= 11 is 3.25. The van der Waals surface area contributed by atoms with Crippen LogP contribution >= 0.6 is 23.1 Å². The first-order chi connectivity index (χ1) is 7.25. The molecule has 0 aromatic carbocycles. The zero-order valence-electron chi connectivity index (χ0n) is 8.36. The lowest BCUT2D eigenvalue weighted by Gasteiger charge is -1.92. The monoisotopic (exact) mass is 237 g/mol. The summed E-state index contributed by atoms with van der Waals surface area (Å²) in [6.45, 7) is 5.84. The van der Waals surface area contributed by atoms with Gasteiger partial charge in [-0.3, -0.25) is 5.10 Å². The van der Waals surface area contributed by atoms with Crippen LogP contribution in [0.15, 0.2) is 34.8 Å². The maximum atomic E-state index is 4.39. The number of nitrogens with zero attached hydrogens (tertiary/aromatic N) is 2. The SMILES string of the molecule is C=C(C)CSc1n[nH]c(-c2cccs2)n1. The highest BCUT2D eigenvalue weighted by Gasteiger charge is 2.06. The van der Waals surface area contributed by atoms with Crippen molar-refractivity contribution in [2.45, 2.75) is 12.1 Å². The number of hydrogen-bond acceptors (Lipinski definition) is 4. The summed E-state index contributed by atoms with van der Waals surface area (Å²) in [6, 6.07) is 4.03. The number of thioether (sulfide) groups is 1. The van der Waals surface area contributed by atoms with Crippen molar-refractivity contribution in [2.75, 3.05) is 5.75 Å². The molecule has 0 unspecified atom stereocenters. The van der Waals surface area contributed by atoms with E-state index in [0.717, 1.165) is 27.2 Å². The van der Waals surface area contributed by atoms with E-state index in [1.54, 1.807) is 23.1 Å². The van der Waals surface area contributed by atoms with E-state index in [1.165, 1.54) is 0 Å². The van der Waals surface area contributed by atoms with Crippen LogP contribution in [0.5, 0.6) is 0 Å². The molecule has 2 aromatic heterocycles. The normalized spacial score (nSPS) is 10.5. The van der Waals surface area contributed by atoms with E-state index < -0.39 is 0 Å². The molecule has 2 heterocycles. The molecule has 1 N–H and O–H groups in total. The summed E-state index contributed by atoms with van der Waals surface area (Å²) in [4.78, 5) is 5.51. The maximum Gasteiger partial charge on any atom is 0.209 e. The van der Waals surface area contributed by atoms with Gasteiger partial charge in [-0.25, -0.2) is 4.98 Å². The Bertz CT molecular complexity index is 445. The zero-order valence-corrected chi connectivity index (χ0v) is 9.99. The average Bonchev–Trinajstić information content (AvgIpc) is 2.85. The molecule has 2 rings (SSSR count). The summed E-state index contributed by atoms with van der Waals surface area (Å²) in [5.74, 6) is 1.70. The smallest absolute Gasteiger partial charge is 0.209 e. The van der Waals surface area contributed by atoms with Gasteiger partial charge in [-0.1, -0.05) is 30.0 Å². The molecule has 0 amide bonds. The van der Waals surface area contributed by atoms with Crippen LogP contribution in [0.25, 0.3) is 10.7 Å². The van der Waals surface area contributed by atoms with Crippen LogP contribution in [0.3, 0.4) is 0 Å². The van der Waals surface area contributed by atoms with Gasteiger partial charge in [-0.15, -0.1) is 16.4 Å². The van der Waals surface area contributed by atoms with Crippen molar-refractivity contribution in [3.8, 4) is 10.7 Å². The minimum Gasteiger partial charge on any atom is -0.257 e. The molecule has 0 aliphatic rings. The maximum absolute atomic E-state index is 4.39. The molecule has 0 saturated carbocycles. The van der Waals surface area contributed by atoms with E-state index in [0.29, 0.717) is 0 Å². The van der Waals surface area contributed by atoms with Gasteiger partial charge in [0.15, 0.2) is 5.82 Å². The van der Waals surface area contributed by atoms with Gasteiger partial charge in [0.1, 0.15) is 0 Å². The zero-order chi connectivity index (χ0) is 10.7. The quantitative estimate of drug-likeness (QED) is 0.656. The summed E-state index contributed by atoms with van der Waals surface area (Å²) in [5.41, 5.74) is 1.13. The Balaban J connectivity index is 2.08. The molecule has 0 atom stereocenters. The van der Waals surface area contributed by atoms with Crippen LogP contribution in [0.4, 0.5) is 0 Å². The van der Waals surface area contributed by atoms with Crippen LogP contribution in [0.1, 0.15) is 6.92 Å². The highest BCUT2D eigenvalue weighted by Crippen LogP contribution is 2.23. The Kier molecular flexibility index (Phi) is 3.23. The van der Waals surface area contributed by atoms with E-state index >= 15 is 0 Å². The number of aromatic amines is 1. The van der Waals surface area contributed by atoms with Crippen LogP contribution in [-0.2, 0) is 0 Å². The molecular formula is C10H11N3S2. The first-order valence-electron chi connectivity index (χ1n) is 4.49. The number of aromatic nitrogens is 3. The van der Waals surface area contributed by atoms with Gasteiger partial charge in [-0.2, -0.15) is 0 Å². The Morgan fingerprint density at radius 1 is 1.67 bits per heavy atom. The van der Waals surface area contributed by atoms with E-state index in [-0.39, 0.29) is 0 Å². The molecule has 0 fully saturated rings. The van der Waals surface area contributed by atoms with Crippen molar-refractivity contribution >= 4 is 23.1 Å². The third-order valence-electron chi connectivity index (χ3n) is 1.67. The molecule has 0 radical (unpaired) electrons. The first kappa shape index (κ1) is 10.4. The van der Waals surface area contributed by atoms with Crippen LogP contribution in [0.2, 0.25) is 0 Å². The van der Waals surface area contributed by atoms with Gasteiger partial charge in [-0.05, 0) is 18.4 Å². The third-order valence-corrected chi connectivity index (χ3v) is 3.62. The first-order valence-corrected chi connectivity index (χ1v) is 6.35. The van der Waals surface area contributed by atoms with Crippen molar-refractivity contribution in [2.24, 2.45) is 0 Å². The molecule has 2 aromatic rings. The van der Waals surface area contributed by atoms with E-state index in [9.17, 15) is 0 Å². The lowest BCUT2D eigenvalue weighted by atomic mass is 10.4. The summed E-state index contributed by atoms with van der Waals surface area (Å²) in [5, 5.41) is 9.87. The van der Waals surface area contributed by atoms with Crippen molar-refractivity contribution in [3.63, 3.8) is 0 Å². The predicted octanol–water partition coefficient (Wildman–Crippen LogP) is 3.20. The van der Waals surface area contributed by atoms with Gasteiger partial charge in [0.2, 0.25) is 5.16 Å². The van der Waals surface area contributed by atoms with Crippen LogP contribution in [0, 0.1) is 0 Å². The lowest BCUT2D eigenvalue weighted by molar-refractivity contribution is 0.974. The number of H-pyrrole nitrogens is 1. The van der Waals surface area contributed by atoms with Crippen molar-refractivity contribution < 1.29 is 0 Å². The highest BCUT2D eigenvalue weighted by molar-refractivity contribution is 7.99. The van der Waals surface area contributed by atoms with E-state index in [4.69, 9.17) is 0 Å². The number of nitrogens with one attached hydrogen (secondary N) is 1. The molecule has 0 saturated heterocycles. The second kappa shape index (κ2) is 4.63. The Morgan fingerprint density at radius 3 is 3.20 bits per heavy atom. The van der Waals surface area contributed by atoms with Gasteiger partial charge in [0.25, 0.3) is 0 Å². The molecule has 15 heavy (non-hydrogen) atoms. The fourth-order valence-corrected chi connectivity index (χ4v) is 2.33. The minimum atomic E-state index is 0.779. The third kappa shape index (κ3) is 2.70. The molecule has 5 heteroatoms. The molecular weight excluding hydrogens is 226 g/mol. The lowest BCUT2D eigenvalue weighted by Crippen LogP contribution is -1.81. The molecule has 3 nitrogen and oxygen atoms in total. The molecule has 0 aliphatic heterocycles.